The molecule has 0 aliphatic heterocycles. The van der Waals surface area contributed by atoms with Crippen molar-refractivity contribution in [2.45, 2.75) is 19.4 Å². The van der Waals surface area contributed by atoms with E-state index in [2.05, 4.69) is 5.43 Å². The highest BCUT2D eigenvalue weighted by Crippen LogP contribution is 2.26. The molecule has 1 unspecified atom stereocenters. The van der Waals surface area contributed by atoms with Gasteiger partial charge in [-0.05, 0) is 48.7 Å². The highest BCUT2D eigenvalue weighted by molar-refractivity contribution is 6.30. The van der Waals surface area contributed by atoms with Crippen LogP contribution in [-0.2, 0) is 6.42 Å². The van der Waals surface area contributed by atoms with Crippen LogP contribution in [0.1, 0.15) is 22.7 Å². The summed E-state index contributed by atoms with van der Waals surface area (Å²) in [5, 5.41) is -0.287. The van der Waals surface area contributed by atoms with Crippen molar-refractivity contribution in [1.29, 1.82) is 0 Å². The molecule has 0 aliphatic carbocycles. The molecule has 2 rings (SSSR count). The molecule has 0 aromatic heterocycles. The summed E-state index contributed by atoms with van der Waals surface area (Å²) in [4.78, 5) is 0. The van der Waals surface area contributed by atoms with Crippen molar-refractivity contribution in [3.05, 3.63) is 69.5 Å². The van der Waals surface area contributed by atoms with Crippen LogP contribution < -0.4 is 11.3 Å². The molecule has 0 saturated heterocycles. The first-order chi connectivity index (χ1) is 9.92. The van der Waals surface area contributed by atoms with Gasteiger partial charge < -0.3 is 0 Å². The van der Waals surface area contributed by atoms with Crippen LogP contribution in [0.15, 0.2) is 30.3 Å². The summed E-state index contributed by atoms with van der Waals surface area (Å²) in [5.41, 5.74) is 4.02. The van der Waals surface area contributed by atoms with Gasteiger partial charge in [-0.2, -0.15) is 0 Å². The van der Waals surface area contributed by atoms with E-state index >= 15 is 0 Å². The molecule has 112 valence electrons. The van der Waals surface area contributed by atoms with Crippen molar-refractivity contribution in [2.24, 2.45) is 5.84 Å². The Bertz CT molecular complexity index is 662. The molecule has 1 atom stereocenters. The molecule has 0 saturated carbocycles. The Hall–Kier alpha value is -1.56. The predicted molar refractivity (Wildman–Crippen MR) is 76.3 cm³/mol. The van der Waals surface area contributed by atoms with Gasteiger partial charge in [0, 0.05) is 5.56 Å². The second kappa shape index (κ2) is 6.47. The molecule has 0 spiro atoms. The maximum Gasteiger partial charge on any atom is 0.142 e. The monoisotopic (exact) mass is 314 g/mol. The minimum Gasteiger partial charge on any atom is -0.271 e. The first kappa shape index (κ1) is 15.8. The average Bonchev–Trinajstić information content (AvgIpc) is 2.43. The van der Waals surface area contributed by atoms with Crippen molar-refractivity contribution in [2.75, 3.05) is 0 Å². The van der Waals surface area contributed by atoms with Crippen molar-refractivity contribution in [3.8, 4) is 0 Å². The van der Waals surface area contributed by atoms with Crippen LogP contribution in [0.25, 0.3) is 0 Å². The summed E-state index contributed by atoms with van der Waals surface area (Å²) < 4.78 is 40.5. The normalized spacial score (nSPS) is 12.5. The van der Waals surface area contributed by atoms with E-state index in [1.165, 1.54) is 12.1 Å². The maximum atomic E-state index is 13.9. The van der Waals surface area contributed by atoms with Gasteiger partial charge in [0.15, 0.2) is 0 Å². The van der Waals surface area contributed by atoms with E-state index in [4.69, 9.17) is 17.4 Å². The molecular weight excluding hydrogens is 301 g/mol. The Balaban J connectivity index is 2.34. The third-order valence-electron chi connectivity index (χ3n) is 3.34. The van der Waals surface area contributed by atoms with Gasteiger partial charge >= 0.3 is 0 Å². The van der Waals surface area contributed by atoms with Gasteiger partial charge in [-0.1, -0.05) is 17.7 Å². The molecule has 0 radical (unpaired) electrons. The fourth-order valence-electron chi connectivity index (χ4n) is 2.17. The fourth-order valence-corrected chi connectivity index (χ4v) is 2.32. The van der Waals surface area contributed by atoms with E-state index in [-0.39, 0.29) is 16.4 Å². The van der Waals surface area contributed by atoms with E-state index < -0.39 is 17.7 Å². The number of nitrogens with one attached hydrogen (secondary N) is 1. The van der Waals surface area contributed by atoms with Crippen molar-refractivity contribution in [1.82, 2.24) is 5.43 Å². The van der Waals surface area contributed by atoms with Crippen LogP contribution in [0, 0.1) is 24.4 Å². The number of halogens is 4. The molecule has 0 heterocycles. The predicted octanol–water partition coefficient (Wildman–Crippen LogP) is 3.81. The Morgan fingerprint density at radius 3 is 2.48 bits per heavy atom. The molecule has 2 aromatic rings. The van der Waals surface area contributed by atoms with Gasteiger partial charge in [0.05, 0.1) is 11.1 Å². The minimum atomic E-state index is -0.718. The maximum absolute atomic E-state index is 13.9. The number of hydrogen-bond acceptors (Lipinski definition) is 2. The van der Waals surface area contributed by atoms with Crippen LogP contribution in [0.3, 0.4) is 0 Å². The van der Waals surface area contributed by atoms with E-state index in [9.17, 15) is 13.2 Å². The molecule has 21 heavy (non-hydrogen) atoms. The van der Waals surface area contributed by atoms with E-state index in [1.807, 2.05) is 0 Å². The van der Waals surface area contributed by atoms with Gasteiger partial charge in [-0.25, -0.2) is 13.2 Å². The number of nitrogens with two attached hydrogens (primary N) is 1. The smallest absolute Gasteiger partial charge is 0.142 e. The molecule has 6 heteroatoms. The molecular formula is C15H14ClF3N2. The fraction of sp³-hybridized carbons (Fsp3) is 0.200. The van der Waals surface area contributed by atoms with Gasteiger partial charge in [-0.15, -0.1) is 0 Å². The number of hydrogen-bond donors (Lipinski definition) is 2. The minimum absolute atomic E-state index is 0.0723. The number of hydrazine groups is 1. The molecule has 0 aliphatic rings. The van der Waals surface area contributed by atoms with Crippen LogP contribution in [0.2, 0.25) is 5.02 Å². The molecule has 2 aromatic carbocycles. The summed E-state index contributed by atoms with van der Waals surface area (Å²) in [7, 11) is 0. The Morgan fingerprint density at radius 2 is 1.86 bits per heavy atom. The van der Waals surface area contributed by atoms with E-state index in [0.29, 0.717) is 12.0 Å². The zero-order chi connectivity index (χ0) is 15.6. The lowest BCUT2D eigenvalue weighted by molar-refractivity contribution is 0.501. The molecule has 2 nitrogen and oxygen atoms in total. The van der Waals surface area contributed by atoms with Gasteiger partial charge in [0.1, 0.15) is 17.5 Å². The molecule has 0 fully saturated rings. The lowest BCUT2D eigenvalue weighted by Crippen LogP contribution is -2.30. The number of benzene rings is 2. The third-order valence-corrected chi connectivity index (χ3v) is 3.63. The van der Waals surface area contributed by atoms with Crippen LogP contribution in [0.5, 0.6) is 0 Å². The summed E-state index contributed by atoms with van der Waals surface area (Å²) >= 11 is 5.53. The average molecular weight is 315 g/mol. The summed E-state index contributed by atoms with van der Waals surface area (Å²) in [6.07, 6.45) is 0.292. The first-order valence-corrected chi connectivity index (χ1v) is 6.65. The number of aryl methyl sites for hydroxylation is 1. The Labute approximate surface area is 125 Å². The van der Waals surface area contributed by atoms with E-state index in [1.54, 1.807) is 13.0 Å². The Morgan fingerprint density at radius 1 is 1.14 bits per heavy atom. The Kier molecular flexibility index (Phi) is 4.88. The second-order valence-corrected chi connectivity index (χ2v) is 5.19. The topological polar surface area (TPSA) is 38.0 Å². The third kappa shape index (κ3) is 3.56. The highest BCUT2D eigenvalue weighted by Gasteiger charge is 2.18. The standard InChI is InChI=1S/C15H14ClF3N2/c1-8-4-10(17)3-2-9(8)5-15(21-20)11-6-14(19)12(16)7-13(11)18/h2-4,6-7,15,21H,5,20H2,1H3. The summed E-state index contributed by atoms with van der Waals surface area (Å²) in [6.45, 7) is 1.74. The van der Waals surface area contributed by atoms with Crippen molar-refractivity contribution >= 4 is 11.6 Å². The molecule has 0 amide bonds. The largest absolute Gasteiger partial charge is 0.271 e. The molecule has 0 bridgehead atoms. The van der Waals surface area contributed by atoms with Crippen LogP contribution >= 0.6 is 11.6 Å². The van der Waals surface area contributed by atoms with Crippen molar-refractivity contribution < 1.29 is 13.2 Å². The second-order valence-electron chi connectivity index (χ2n) is 4.78. The first-order valence-electron chi connectivity index (χ1n) is 6.28. The van der Waals surface area contributed by atoms with Gasteiger partial charge in [0.2, 0.25) is 0 Å². The van der Waals surface area contributed by atoms with Gasteiger partial charge in [0.25, 0.3) is 0 Å². The van der Waals surface area contributed by atoms with Crippen LogP contribution in [0.4, 0.5) is 13.2 Å². The van der Waals surface area contributed by atoms with E-state index in [0.717, 1.165) is 17.7 Å². The zero-order valence-corrected chi connectivity index (χ0v) is 12.0. The SMILES string of the molecule is Cc1cc(F)ccc1CC(NN)c1cc(F)c(Cl)cc1F. The lowest BCUT2D eigenvalue weighted by atomic mass is 9.96. The lowest BCUT2D eigenvalue weighted by Gasteiger charge is -2.19. The quantitative estimate of drug-likeness (QED) is 0.511. The molecule has 3 N–H and O–H groups in total. The number of rotatable bonds is 4. The van der Waals surface area contributed by atoms with Crippen LogP contribution in [-0.4, -0.2) is 0 Å². The summed E-state index contributed by atoms with van der Waals surface area (Å²) in [6, 6.07) is 5.56. The van der Waals surface area contributed by atoms with Gasteiger partial charge in [-0.3, -0.25) is 11.3 Å². The zero-order valence-electron chi connectivity index (χ0n) is 11.3. The highest BCUT2D eigenvalue weighted by atomic mass is 35.5. The van der Waals surface area contributed by atoms with Crippen molar-refractivity contribution in [3.63, 3.8) is 0 Å². The summed E-state index contributed by atoms with van der Waals surface area (Å²) in [5.74, 6) is 3.73.